The molecule has 1 saturated heterocycles. The van der Waals surface area contributed by atoms with Crippen molar-refractivity contribution in [1.29, 1.82) is 5.26 Å². The molecule has 1 heterocycles. The number of anilines is 1. The quantitative estimate of drug-likeness (QED) is 0.883. The van der Waals surface area contributed by atoms with E-state index in [0.717, 1.165) is 6.07 Å². The number of urea groups is 1. The summed E-state index contributed by atoms with van der Waals surface area (Å²) < 4.78 is 26.6. The standard InChI is InChI=1S/C19H16F2N4O2/c20-15-3-1-2-13(10-15)18(26)24-6-8-25(9-7-24)19(27)23-16-4-5-17(21)14(11-16)12-22/h1-5,10-11H,6-9H2,(H,23,27). The molecule has 6 nitrogen and oxygen atoms in total. The number of benzene rings is 2. The summed E-state index contributed by atoms with van der Waals surface area (Å²) in [5.74, 6) is -1.42. The Bertz CT molecular complexity index is 918. The second kappa shape index (κ2) is 7.83. The highest BCUT2D eigenvalue weighted by Crippen LogP contribution is 2.16. The molecule has 3 amide bonds. The fourth-order valence-corrected chi connectivity index (χ4v) is 2.81. The van der Waals surface area contributed by atoms with Gasteiger partial charge in [0.05, 0.1) is 5.56 Å². The lowest BCUT2D eigenvalue weighted by atomic mass is 10.1. The van der Waals surface area contributed by atoms with E-state index in [2.05, 4.69) is 5.32 Å². The number of hydrogen-bond donors (Lipinski definition) is 1. The van der Waals surface area contributed by atoms with Gasteiger partial charge in [0.15, 0.2) is 0 Å². The van der Waals surface area contributed by atoms with Crippen LogP contribution in [0.1, 0.15) is 15.9 Å². The van der Waals surface area contributed by atoms with Crippen molar-refractivity contribution in [3.05, 3.63) is 65.2 Å². The Labute approximate surface area is 154 Å². The molecule has 0 spiro atoms. The highest BCUT2D eigenvalue weighted by atomic mass is 19.1. The Balaban J connectivity index is 1.58. The van der Waals surface area contributed by atoms with Gasteiger partial charge in [0.2, 0.25) is 0 Å². The minimum atomic E-state index is -0.653. The molecule has 0 aromatic heterocycles. The molecule has 3 rings (SSSR count). The molecule has 0 atom stereocenters. The molecule has 138 valence electrons. The van der Waals surface area contributed by atoms with Crippen LogP contribution in [0.5, 0.6) is 0 Å². The predicted molar refractivity (Wildman–Crippen MR) is 94.0 cm³/mol. The zero-order valence-electron chi connectivity index (χ0n) is 14.3. The van der Waals surface area contributed by atoms with Crippen LogP contribution in [0.3, 0.4) is 0 Å². The number of halogens is 2. The molecule has 1 fully saturated rings. The highest BCUT2D eigenvalue weighted by molar-refractivity contribution is 5.94. The maximum absolute atomic E-state index is 13.3. The molecule has 8 heteroatoms. The third-order valence-corrected chi connectivity index (χ3v) is 4.26. The van der Waals surface area contributed by atoms with Crippen LogP contribution in [0, 0.1) is 23.0 Å². The van der Waals surface area contributed by atoms with E-state index >= 15 is 0 Å². The molecule has 0 unspecified atom stereocenters. The van der Waals surface area contributed by atoms with E-state index in [-0.39, 0.29) is 17.0 Å². The number of carbonyl (C=O) groups is 2. The van der Waals surface area contributed by atoms with Crippen LogP contribution in [-0.2, 0) is 0 Å². The Hall–Kier alpha value is -3.47. The fourth-order valence-electron chi connectivity index (χ4n) is 2.81. The third kappa shape index (κ3) is 4.20. The van der Waals surface area contributed by atoms with Crippen LogP contribution >= 0.6 is 0 Å². The van der Waals surface area contributed by atoms with E-state index < -0.39 is 17.7 Å². The van der Waals surface area contributed by atoms with Crippen LogP contribution in [0.4, 0.5) is 19.3 Å². The first-order valence-corrected chi connectivity index (χ1v) is 8.28. The van der Waals surface area contributed by atoms with Gasteiger partial charge in [-0.25, -0.2) is 13.6 Å². The van der Waals surface area contributed by atoms with Crippen LogP contribution in [-0.4, -0.2) is 47.9 Å². The van der Waals surface area contributed by atoms with Crippen molar-refractivity contribution < 1.29 is 18.4 Å². The van der Waals surface area contributed by atoms with Crippen LogP contribution < -0.4 is 5.32 Å². The van der Waals surface area contributed by atoms with Crippen molar-refractivity contribution in [2.75, 3.05) is 31.5 Å². The van der Waals surface area contributed by atoms with Crippen molar-refractivity contribution in [2.45, 2.75) is 0 Å². The highest BCUT2D eigenvalue weighted by Gasteiger charge is 2.25. The second-order valence-electron chi connectivity index (χ2n) is 6.03. The molecule has 0 bridgehead atoms. The van der Waals surface area contributed by atoms with Gasteiger partial charge in [0, 0.05) is 37.4 Å². The number of piperazine rings is 1. The summed E-state index contributed by atoms with van der Waals surface area (Å²) in [5.41, 5.74) is 0.428. The molecule has 1 N–H and O–H groups in total. The van der Waals surface area contributed by atoms with Crippen LogP contribution in [0.25, 0.3) is 0 Å². The van der Waals surface area contributed by atoms with Gasteiger partial charge in [-0.3, -0.25) is 4.79 Å². The lowest BCUT2D eigenvalue weighted by molar-refractivity contribution is 0.0671. The first kappa shape index (κ1) is 18.3. The Morgan fingerprint density at radius 3 is 2.37 bits per heavy atom. The molecule has 0 saturated carbocycles. The first-order chi connectivity index (χ1) is 13.0. The second-order valence-corrected chi connectivity index (χ2v) is 6.03. The molecule has 2 aromatic rings. The van der Waals surface area contributed by atoms with E-state index in [4.69, 9.17) is 5.26 Å². The first-order valence-electron chi connectivity index (χ1n) is 8.28. The lowest BCUT2D eigenvalue weighted by Gasteiger charge is -2.34. The van der Waals surface area contributed by atoms with Crippen LogP contribution in [0.2, 0.25) is 0 Å². The van der Waals surface area contributed by atoms with E-state index in [1.54, 1.807) is 17.0 Å². The number of hydrogen-bond acceptors (Lipinski definition) is 3. The maximum atomic E-state index is 13.3. The molecular weight excluding hydrogens is 354 g/mol. The van der Waals surface area contributed by atoms with Crippen molar-refractivity contribution >= 4 is 17.6 Å². The summed E-state index contributed by atoms with van der Waals surface area (Å²) in [4.78, 5) is 27.8. The van der Waals surface area contributed by atoms with Crippen molar-refractivity contribution in [1.82, 2.24) is 9.80 Å². The van der Waals surface area contributed by atoms with Gasteiger partial charge >= 0.3 is 6.03 Å². The number of carbonyl (C=O) groups excluding carboxylic acids is 2. The molecule has 1 aliphatic heterocycles. The molecule has 0 radical (unpaired) electrons. The van der Waals surface area contributed by atoms with Crippen molar-refractivity contribution in [2.24, 2.45) is 0 Å². The number of nitrogens with one attached hydrogen (secondary N) is 1. The Morgan fingerprint density at radius 2 is 1.70 bits per heavy atom. The molecule has 1 aliphatic rings. The average molecular weight is 370 g/mol. The van der Waals surface area contributed by atoms with E-state index in [1.807, 2.05) is 0 Å². The summed E-state index contributed by atoms with van der Waals surface area (Å²) in [6.07, 6.45) is 0. The SMILES string of the molecule is N#Cc1cc(NC(=O)N2CCN(C(=O)c3cccc(F)c3)CC2)ccc1F. The van der Waals surface area contributed by atoms with E-state index in [0.29, 0.717) is 31.9 Å². The number of nitriles is 1. The van der Waals surface area contributed by atoms with Crippen molar-refractivity contribution in [3.8, 4) is 6.07 Å². The zero-order valence-corrected chi connectivity index (χ0v) is 14.3. The lowest BCUT2D eigenvalue weighted by Crippen LogP contribution is -2.51. The maximum Gasteiger partial charge on any atom is 0.321 e. The predicted octanol–water partition coefficient (Wildman–Crippen LogP) is 2.83. The number of nitrogens with zero attached hydrogens (tertiary/aromatic N) is 3. The number of amides is 3. The average Bonchev–Trinajstić information content (AvgIpc) is 2.69. The molecule has 2 aromatic carbocycles. The normalized spacial score (nSPS) is 13.8. The third-order valence-electron chi connectivity index (χ3n) is 4.26. The Kier molecular flexibility index (Phi) is 5.31. The molecular formula is C19H16F2N4O2. The number of rotatable bonds is 2. The van der Waals surface area contributed by atoms with Gasteiger partial charge in [-0.1, -0.05) is 6.07 Å². The van der Waals surface area contributed by atoms with Gasteiger partial charge in [-0.15, -0.1) is 0 Å². The minimum Gasteiger partial charge on any atom is -0.335 e. The van der Waals surface area contributed by atoms with E-state index in [1.165, 1.54) is 35.2 Å². The summed E-state index contributed by atoms with van der Waals surface area (Å²) in [6.45, 7) is 1.24. The topological polar surface area (TPSA) is 76.4 Å². The summed E-state index contributed by atoms with van der Waals surface area (Å²) >= 11 is 0. The van der Waals surface area contributed by atoms with Crippen LogP contribution in [0.15, 0.2) is 42.5 Å². The summed E-state index contributed by atoms with van der Waals surface area (Å²) in [7, 11) is 0. The van der Waals surface area contributed by atoms with Crippen molar-refractivity contribution in [3.63, 3.8) is 0 Å². The van der Waals surface area contributed by atoms with Gasteiger partial charge in [0.1, 0.15) is 17.7 Å². The van der Waals surface area contributed by atoms with Gasteiger partial charge in [-0.05, 0) is 36.4 Å². The molecule has 27 heavy (non-hydrogen) atoms. The Morgan fingerprint density at radius 1 is 1.00 bits per heavy atom. The summed E-state index contributed by atoms with van der Waals surface area (Å²) in [5, 5.41) is 11.5. The fraction of sp³-hybridized carbons (Fsp3) is 0.211. The smallest absolute Gasteiger partial charge is 0.321 e. The largest absolute Gasteiger partial charge is 0.335 e. The zero-order chi connectivity index (χ0) is 19.4. The minimum absolute atomic E-state index is 0.154. The van der Waals surface area contributed by atoms with Gasteiger partial charge < -0.3 is 15.1 Å². The van der Waals surface area contributed by atoms with Gasteiger partial charge in [0.25, 0.3) is 5.91 Å². The summed E-state index contributed by atoms with van der Waals surface area (Å²) in [6, 6.07) is 10.5. The monoisotopic (exact) mass is 370 g/mol. The van der Waals surface area contributed by atoms with E-state index in [9.17, 15) is 18.4 Å². The van der Waals surface area contributed by atoms with Gasteiger partial charge in [-0.2, -0.15) is 5.26 Å². The molecule has 0 aliphatic carbocycles.